The molecule has 0 radical (unpaired) electrons. The van der Waals surface area contributed by atoms with Crippen molar-refractivity contribution in [3.63, 3.8) is 0 Å². The molecule has 1 fully saturated rings. The Morgan fingerprint density at radius 3 is 2.83 bits per heavy atom. The molecule has 2 aliphatic rings. The highest BCUT2D eigenvalue weighted by molar-refractivity contribution is 5.85. The average Bonchev–Trinajstić information content (AvgIpc) is 3.38. The Morgan fingerprint density at radius 1 is 1.46 bits per heavy atom. The van der Waals surface area contributed by atoms with Crippen LogP contribution in [0.25, 0.3) is 0 Å². The van der Waals surface area contributed by atoms with Gasteiger partial charge in [-0.05, 0) is 61.3 Å². The predicted octanol–water partition coefficient (Wildman–Crippen LogP) is 3.53. The second-order valence-corrected chi connectivity index (χ2v) is 6.66. The molecule has 24 heavy (non-hydrogen) atoms. The van der Waals surface area contributed by atoms with Gasteiger partial charge >= 0.3 is 5.97 Å². The molecule has 3 atom stereocenters. The molecule has 2 N–H and O–H groups in total. The highest BCUT2D eigenvalue weighted by Crippen LogP contribution is 2.40. The molecule has 3 rings (SSSR count). The Balaban J connectivity index is 0.00000208. The van der Waals surface area contributed by atoms with Crippen molar-refractivity contribution < 1.29 is 14.6 Å². The largest absolute Gasteiger partial charge is 0.508 e. The fourth-order valence-corrected chi connectivity index (χ4v) is 3.72. The Kier molecular flexibility index (Phi) is 6.30. The number of aryl methyl sites for hydroxylation is 1. The van der Waals surface area contributed by atoms with Crippen LogP contribution >= 0.6 is 12.4 Å². The van der Waals surface area contributed by atoms with E-state index in [2.05, 4.69) is 11.9 Å². The van der Waals surface area contributed by atoms with Crippen LogP contribution in [0.5, 0.6) is 5.75 Å². The summed E-state index contributed by atoms with van der Waals surface area (Å²) in [6, 6.07) is 5.75. The van der Waals surface area contributed by atoms with Crippen LogP contribution in [0, 0.1) is 11.8 Å². The van der Waals surface area contributed by atoms with Crippen LogP contribution in [-0.4, -0.2) is 24.2 Å². The maximum atomic E-state index is 12.2. The van der Waals surface area contributed by atoms with Gasteiger partial charge in [0.1, 0.15) is 5.75 Å². The van der Waals surface area contributed by atoms with Crippen molar-refractivity contribution in [3.8, 4) is 5.75 Å². The minimum atomic E-state index is -0.178. The Hall–Kier alpha value is -1.52. The molecule has 3 unspecified atom stereocenters. The number of benzene rings is 1. The lowest BCUT2D eigenvalue weighted by Crippen LogP contribution is -2.42. The number of methoxy groups -OCH3 is 1. The first-order chi connectivity index (χ1) is 11.1. The van der Waals surface area contributed by atoms with Gasteiger partial charge in [0.15, 0.2) is 0 Å². The van der Waals surface area contributed by atoms with Crippen LogP contribution < -0.4 is 5.32 Å². The summed E-state index contributed by atoms with van der Waals surface area (Å²) in [6.07, 6.45) is 6.86. The molecule has 0 amide bonds. The number of nitrogens with one attached hydrogen (secondary N) is 1. The van der Waals surface area contributed by atoms with Gasteiger partial charge in [0, 0.05) is 12.1 Å². The molecule has 0 aromatic heterocycles. The molecule has 1 saturated carbocycles. The van der Waals surface area contributed by atoms with Gasteiger partial charge in [-0.15, -0.1) is 19.0 Å². The zero-order valence-electron chi connectivity index (χ0n) is 14.0. The molecule has 1 aromatic rings. The maximum Gasteiger partial charge on any atom is 0.310 e. The van der Waals surface area contributed by atoms with E-state index in [-0.39, 0.29) is 36.1 Å². The highest BCUT2D eigenvalue weighted by atomic mass is 35.5. The summed E-state index contributed by atoms with van der Waals surface area (Å²) in [4.78, 5) is 12.2. The lowest BCUT2D eigenvalue weighted by Gasteiger charge is -2.35. The van der Waals surface area contributed by atoms with E-state index in [1.165, 1.54) is 20.0 Å². The number of aromatic hydroxyl groups is 1. The van der Waals surface area contributed by atoms with E-state index in [1.807, 2.05) is 18.2 Å². The zero-order valence-corrected chi connectivity index (χ0v) is 14.8. The van der Waals surface area contributed by atoms with Crippen LogP contribution in [0.4, 0.5) is 0 Å². The van der Waals surface area contributed by atoms with E-state index in [0.717, 1.165) is 30.4 Å². The number of carbonyl (C=O) groups is 1. The second-order valence-electron chi connectivity index (χ2n) is 6.66. The monoisotopic (exact) mass is 351 g/mol. The van der Waals surface area contributed by atoms with Crippen molar-refractivity contribution in [3.05, 3.63) is 42.0 Å². The molecule has 4 nitrogen and oxygen atoms in total. The molecule has 0 saturated heterocycles. The molecule has 0 spiro atoms. The van der Waals surface area contributed by atoms with Crippen molar-refractivity contribution in [2.24, 2.45) is 11.8 Å². The second kappa shape index (κ2) is 8.04. The zero-order chi connectivity index (χ0) is 16.4. The van der Waals surface area contributed by atoms with Crippen LogP contribution in [-0.2, 0) is 16.0 Å². The molecule has 1 aromatic carbocycles. The average molecular weight is 352 g/mol. The predicted molar refractivity (Wildman–Crippen MR) is 96.4 cm³/mol. The van der Waals surface area contributed by atoms with Gasteiger partial charge in [0.25, 0.3) is 0 Å². The molecular formula is C19H26ClNO3. The standard InChI is InChI=1S/C19H25NO3.ClH/c1-3-4-17(12-5-6-12)20-18-15-10-8-14(21)11-13(15)7-9-16(18)19(22)23-2;/h3,8,10-12,16-18,20-21H,1,4-7,9H2,2H3;1H. The number of fused-ring (bicyclic) bond motifs is 1. The quantitative estimate of drug-likeness (QED) is 0.608. The highest BCUT2D eigenvalue weighted by Gasteiger charge is 2.39. The van der Waals surface area contributed by atoms with Crippen LogP contribution in [0.15, 0.2) is 30.9 Å². The maximum absolute atomic E-state index is 12.2. The van der Waals surface area contributed by atoms with E-state index >= 15 is 0 Å². The summed E-state index contributed by atoms with van der Waals surface area (Å²) >= 11 is 0. The van der Waals surface area contributed by atoms with E-state index in [9.17, 15) is 9.90 Å². The van der Waals surface area contributed by atoms with Gasteiger partial charge in [-0.2, -0.15) is 0 Å². The van der Waals surface area contributed by atoms with E-state index in [1.54, 1.807) is 6.07 Å². The number of halogens is 1. The summed E-state index contributed by atoms with van der Waals surface area (Å²) in [5.74, 6) is 0.620. The number of hydrogen-bond acceptors (Lipinski definition) is 4. The Bertz CT molecular complexity index is 600. The van der Waals surface area contributed by atoms with Gasteiger partial charge in [-0.25, -0.2) is 0 Å². The molecule has 132 valence electrons. The first-order valence-corrected chi connectivity index (χ1v) is 8.40. The third-order valence-electron chi connectivity index (χ3n) is 5.10. The number of ether oxygens (including phenoxy) is 1. The number of esters is 1. The van der Waals surface area contributed by atoms with Gasteiger partial charge < -0.3 is 15.2 Å². The topological polar surface area (TPSA) is 58.6 Å². The smallest absolute Gasteiger partial charge is 0.310 e. The molecule has 0 bridgehead atoms. The Labute approximate surface area is 149 Å². The fraction of sp³-hybridized carbons (Fsp3) is 0.526. The molecule has 0 aliphatic heterocycles. The van der Waals surface area contributed by atoms with Gasteiger partial charge in [-0.3, -0.25) is 4.79 Å². The van der Waals surface area contributed by atoms with Crippen LogP contribution in [0.3, 0.4) is 0 Å². The van der Waals surface area contributed by atoms with Crippen molar-refractivity contribution in [2.75, 3.05) is 7.11 Å². The van der Waals surface area contributed by atoms with Crippen LogP contribution in [0.1, 0.15) is 42.9 Å². The minimum Gasteiger partial charge on any atom is -0.508 e. The van der Waals surface area contributed by atoms with Crippen molar-refractivity contribution in [1.82, 2.24) is 5.32 Å². The fourth-order valence-electron chi connectivity index (χ4n) is 3.72. The third kappa shape index (κ3) is 3.93. The first-order valence-electron chi connectivity index (χ1n) is 8.40. The lowest BCUT2D eigenvalue weighted by atomic mass is 9.79. The molecular weight excluding hydrogens is 326 g/mol. The number of carbonyl (C=O) groups excluding carboxylic acids is 1. The summed E-state index contributed by atoms with van der Waals surface area (Å²) in [7, 11) is 1.45. The summed E-state index contributed by atoms with van der Waals surface area (Å²) in [6.45, 7) is 3.87. The van der Waals surface area contributed by atoms with E-state index < -0.39 is 0 Å². The van der Waals surface area contributed by atoms with Crippen molar-refractivity contribution in [2.45, 2.75) is 44.2 Å². The normalized spacial score (nSPS) is 23.5. The first kappa shape index (κ1) is 18.8. The van der Waals surface area contributed by atoms with Crippen molar-refractivity contribution in [1.29, 1.82) is 0 Å². The van der Waals surface area contributed by atoms with E-state index in [4.69, 9.17) is 4.74 Å². The summed E-state index contributed by atoms with van der Waals surface area (Å²) in [5, 5.41) is 13.4. The Morgan fingerprint density at radius 2 is 2.21 bits per heavy atom. The van der Waals surface area contributed by atoms with Crippen LogP contribution in [0.2, 0.25) is 0 Å². The van der Waals surface area contributed by atoms with Gasteiger partial charge in [0.05, 0.1) is 13.0 Å². The SMILES string of the molecule is C=CCC(NC1c2ccc(O)cc2CCC1C(=O)OC)C1CC1.Cl. The van der Waals surface area contributed by atoms with E-state index in [0.29, 0.717) is 12.0 Å². The number of hydrogen-bond donors (Lipinski definition) is 2. The minimum absolute atomic E-state index is 0. The van der Waals surface area contributed by atoms with Gasteiger partial charge in [-0.1, -0.05) is 12.1 Å². The van der Waals surface area contributed by atoms with Gasteiger partial charge in [0.2, 0.25) is 0 Å². The van der Waals surface area contributed by atoms with Crippen molar-refractivity contribution >= 4 is 18.4 Å². The summed E-state index contributed by atoms with van der Waals surface area (Å²) in [5.41, 5.74) is 2.23. The summed E-state index contributed by atoms with van der Waals surface area (Å²) < 4.78 is 5.03. The third-order valence-corrected chi connectivity index (χ3v) is 5.10. The molecule has 2 aliphatic carbocycles. The number of phenolic OH excluding ortho intramolecular Hbond substituents is 1. The molecule has 0 heterocycles. The number of rotatable bonds is 6. The number of phenols is 1. The molecule has 5 heteroatoms. The lowest BCUT2D eigenvalue weighted by molar-refractivity contribution is -0.147.